The lowest BCUT2D eigenvalue weighted by atomic mass is 10.1. The second kappa shape index (κ2) is 20.3. The molecule has 0 N–H and O–H groups in total. The Morgan fingerprint density at radius 2 is 0.864 bits per heavy atom. The van der Waals surface area contributed by atoms with Crippen LogP contribution in [0.2, 0.25) is 0 Å². The van der Waals surface area contributed by atoms with E-state index in [1.165, 1.54) is 77.0 Å². The van der Waals surface area contributed by atoms with Gasteiger partial charge in [-0.3, -0.25) is 9.98 Å². The van der Waals surface area contributed by atoms with E-state index in [9.17, 15) is 0 Å². The van der Waals surface area contributed by atoms with Crippen molar-refractivity contribution in [1.29, 1.82) is 0 Å². The lowest BCUT2D eigenvalue weighted by Gasteiger charge is -1.97. The van der Waals surface area contributed by atoms with E-state index in [1.54, 1.807) is 0 Å². The lowest BCUT2D eigenvalue weighted by Crippen LogP contribution is -1.89. The Hall–Kier alpha value is -0.660. The van der Waals surface area contributed by atoms with Crippen LogP contribution in [-0.2, 0) is 0 Å². The van der Waals surface area contributed by atoms with Gasteiger partial charge in [0.15, 0.2) is 0 Å². The maximum atomic E-state index is 4.43. The lowest BCUT2D eigenvalue weighted by molar-refractivity contribution is 0.616. The average molecular weight is 309 g/mol. The van der Waals surface area contributed by atoms with Crippen LogP contribution in [0.4, 0.5) is 0 Å². The third-order valence-corrected chi connectivity index (χ3v) is 3.99. The molecule has 22 heavy (non-hydrogen) atoms. The summed E-state index contributed by atoms with van der Waals surface area (Å²) in [5.41, 5.74) is 0. The third-order valence-electron chi connectivity index (χ3n) is 3.99. The third kappa shape index (κ3) is 19.3. The van der Waals surface area contributed by atoms with Gasteiger partial charge in [0.1, 0.15) is 0 Å². The Morgan fingerprint density at radius 1 is 0.500 bits per heavy atom. The van der Waals surface area contributed by atoms with Crippen molar-refractivity contribution in [2.24, 2.45) is 9.98 Å². The highest BCUT2D eigenvalue weighted by Gasteiger charge is 1.89. The summed E-state index contributed by atoms with van der Waals surface area (Å²) >= 11 is 0. The first-order valence-electron chi connectivity index (χ1n) is 9.88. The molecule has 0 aliphatic carbocycles. The van der Waals surface area contributed by atoms with E-state index in [0.717, 1.165) is 25.9 Å². The Kier molecular flexibility index (Phi) is 19.7. The molecular formula is C20H40N2. The van der Waals surface area contributed by atoms with Gasteiger partial charge < -0.3 is 0 Å². The van der Waals surface area contributed by atoms with Crippen molar-refractivity contribution in [3.05, 3.63) is 0 Å². The van der Waals surface area contributed by atoms with Gasteiger partial charge in [-0.2, -0.15) is 0 Å². The molecule has 0 aliphatic heterocycles. The molecule has 2 nitrogen and oxygen atoms in total. The standard InChI is InChI=1S/C20H40N2/c1-3-5-7-9-11-13-15-17-21-19-20-22-18-16-14-12-10-8-6-4-2/h17-18H,3-16,19-20H2,1-2H3. The quantitative estimate of drug-likeness (QED) is 0.213. The highest BCUT2D eigenvalue weighted by Crippen LogP contribution is 2.06. The minimum Gasteiger partial charge on any atom is -0.296 e. The van der Waals surface area contributed by atoms with E-state index < -0.39 is 0 Å². The topological polar surface area (TPSA) is 24.7 Å². The Bertz CT molecular complexity index is 220. The SMILES string of the molecule is CCCCCCCCC=NCCN=CCCCCCCCC. The molecule has 0 saturated heterocycles. The van der Waals surface area contributed by atoms with E-state index in [2.05, 4.69) is 36.3 Å². The molecule has 0 aromatic carbocycles. The van der Waals surface area contributed by atoms with Crippen molar-refractivity contribution in [1.82, 2.24) is 0 Å². The summed E-state index contributed by atoms with van der Waals surface area (Å²) in [5, 5.41) is 0. The molecule has 0 atom stereocenters. The Morgan fingerprint density at radius 3 is 1.27 bits per heavy atom. The molecule has 0 rings (SSSR count). The zero-order valence-corrected chi connectivity index (χ0v) is 15.4. The molecule has 0 unspecified atom stereocenters. The van der Waals surface area contributed by atoms with Crippen LogP contribution in [0.3, 0.4) is 0 Å². The number of unbranched alkanes of at least 4 members (excludes halogenated alkanes) is 12. The molecule has 0 spiro atoms. The molecule has 0 fully saturated rings. The summed E-state index contributed by atoms with van der Waals surface area (Å²) < 4.78 is 0. The fraction of sp³-hybridized carbons (Fsp3) is 0.900. The largest absolute Gasteiger partial charge is 0.296 e. The van der Waals surface area contributed by atoms with Gasteiger partial charge in [-0.25, -0.2) is 0 Å². The minimum atomic E-state index is 0.864. The highest BCUT2D eigenvalue weighted by molar-refractivity contribution is 5.57. The molecule has 0 bridgehead atoms. The zero-order chi connectivity index (χ0) is 16.1. The monoisotopic (exact) mass is 308 g/mol. The number of aliphatic imine (C=N–C) groups is 2. The Balaban J connectivity index is 3.14. The predicted octanol–water partition coefficient (Wildman–Crippen LogP) is 6.63. The normalized spacial score (nSPS) is 11.9. The fourth-order valence-corrected chi connectivity index (χ4v) is 2.51. The van der Waals surface area contributed by atoms with Crippen molar-refractivity contribution in [3.63, 3.8) is 0 Å². The van der Waals surface area contributed by atoms with Crippen molar-refractivity contribution in [2.75, 3.05) is 13.1 Å². The molecule has 0 aromatic rings. The molecule has 130 valence electrons. The highest BCUT2D eigenvalue weighted by atomic mass is 14.8. The predicted molar refractivity (Wildman–Crippen MR) is 103 cm³/mol. The van der Waals surface area contributed by atoms with Crippen LogP contribution in [0.15, 0.2) is 9.98 Å². The molecule has 0 saturated carbocycles. The summed E-state index contributed by atoms with van der Waals surface area (Å²) in [6, 6.07) is 0. The van der Waals surface area contributed by atoms with E-state index >= 15 is 0 Å². The van der Waals surface area contributed by atoms with Gasteiger partial charge in [-0.1, -0.05) is 78.1 Å². The summed E-state index contributed by atoms with van der Waals surface area (Å²) in [4.78, 5) is 8.87. The van der Waals surface area contributed by atoms with Gasteiger partial charge in [-0.05, 0) is 38.1 Å². The average Bonchev–Trinajstić information content (AvgIpc) is 2.54. The van der Waals surface area contributed by atoms with Crippen molar-refractivity contribution < 1.29 is 0 Å². The maximum absolute atomic E-state index is 4.43. The first-order valence-corrected chi connectivity index (χ1v) is 9.88. The van der Waals surface area contributed by atoms with Gasteiger partial charge in [0.25, 0.3) is 0 Å². The molecule has 0 aliphatic rings. The number of nitrogens with zero attached hydrogens (tertiary/aromatic N) is 2. The smallest absolute Gasteiger partial charge is 0.0581 e. The molecule has 2 heteroatoms. The summed E-state index contributed by atoms with van der Waals surface area (Å²) in [5.74, 6) is 0. The number of hydrogen-bond donors (Lipinski definition) is 0. The zero-order valence-electron chi connectivity index (χ0n) is 15.4. The minimum absolute atomic E-state index is 0.864. The summed E-state index contributed by atoms with van der Waals surface area (Å²) in [6.45, 7) is 6.26. The molecular weight excluding hydrogens is 268 g/mol. The maximum Gasteiger partial charge on any atom is 0.0581 e. The second-order valence-corrected chi connectivity index (χ2v) is 6.29. The summed E-state index contributed by atoms with van der Waals surface area (Å²) in [7, 11) is 0. The van der Waals surface area contributed by atoms with Gasteiger partial charge in [-0.15, -0.1) is 0 Å². The van der Waals surface area contributed by atoms with Crippen LogP contribution in [0.1, 0.15) is 104 Å². The molecule has 0 radical (unpaired) electrons. The van der Waals surface area contributed by atoms with Crippen molar-refractivity contribution in [2.45, 2.75) is 104 Å². The van der Waals surface area contributed by atoms with Crippen LogP contribution in [0, 0.1) is 0 Å². The van der Waals surface area contributed by atoms with E-state index in [1.807, 2.05) is 0 Å². The summed E-state index contributed by atoms with van der Waals surface area (Å²) in [6.07, 6.45) is 22.9. The van der Waals surface area contributed by atoms with Crippen molar-refractivity contribution >= 4 is 12.4 Å². The Labute approximate surface area is 139 Å². The van der Waals surface area contributed by atoms with Crippen LogP contribution in [0.25, 0.3) is 0 Å². The van der Waals surface area contributed by atoms with Gasteiger partial charge in [0, 0.05) is 0 Å². The van der Waals surface area contributed by atoms with Crippen LogP contribution >= 0.6 is 0 Å². The molecule has 0 heterocycles. The van der Waals surface area contributed by atoms with Gasteiger partial charge in [0.2, 0.25) is 0 Å². The van der Waals surface area contributed by atoms with Gasteiger partial charge in [0.05, 0.1) is 13.1 Å². The van der Waals surface area contributed by atoms with Gasteiger partial charge >= 0.3 is 0 Å². The van der Waals surface area contributed by atoms with E-state index in [4.69, 9.17) is 0 Å². The van der Waals surface area contributed by atoms with Crippen LogP contribution in [-0.4, -0.2) is 25.5 Å². The first-order chi connectivity index (χ1) is 10.9. The van der Waals surface area contributed by atoms with Crippen molar-refractivity contribution in [3.8, 4) is 0 Å². The first kappa shape index (κ1) is 21.3. The van der Waals surface area contributed by atoms with Crippen LogP contribution in [0.5, 0.6) is 0 Å². The van der Waals surface area contributed by atoms with E-state index in [0.29, 0.717) is 0 Å². The number of rotatable bonds is 17. The fourth-order valence-electron chi connectivity index (χ4n) is 2.51. The second-order valence-electron chi connectivity index (χ2n) is 6.29. The van der Waals surface area contributed by atoms with Crippen LogP contribution < -0.4 is 0 Å². The number of hydrogen-bond acceptors (Lipinski definition) is 2. The molecule has 0 aromatic heterocycles. The van der Waals surface area contributed by atoms with E-state index in [-0.39, 0.29) is 0 Å². The molecule has 0 amide bonds.